The number of nitrogens with one attached hydrogen (secondary N) is 1. The molecule has 0 spiro atoms. The lowest BCUT2D eigenvalue weighted by atomic mass is 10.1. The molecule has 2 aromatic rings. The molecule has 1 heterocycles. The van der Waals surface area contributed by atoms with E-state index >= 15 is 0 Å². The molecule has 136 valence electrons. The lowest BCUT2D eigenvalue weighted by Crippen LogP contribution is -2.18. The van der Waals surface area contributed by atoms with Crippen molar-refractivity contribution in [2.45, 2.75) is 60.4 Å². The molecule has 0 unspecified atom stereocenters. The normalized spacial score (nSPS) is 10.9. The summed E-state index contributed by atoms with van der Waals surface area (Å²) in [7, 11) is 1.68. The number of ether oxygens (including phenoxy) is 2. The number of anilines is 1. The van der Waals surface area contributed by atoms with E-state index in [9.17, 15) is 0 Å². The topological polar surface area (TPSA) is 43.4 Å². The van der Waals surface area contributed by atoms with E-state index in [0.29, 0.717) is 11.9 Å². The Hall–Kier alpha value is -2.23. The molecule has 1 aromatic heterocycles. The van der Waals surface area contributed by atoms with E-state index < -0.39 is 0 Å². The maximum Gasteiger partial charge on any atom is 0.224 e. The van der Waals surface area contributed by atoms with E-state index in [2.05, 4.69) is 37.1 Å². The summed E-state index contributed by atoms with van der Waals surface area (Å²) in [4.78, 5) is 4.62. The highest BCUT2D eigenvalue weighted by Crippen LogP contribution is 2.35. The molecule has 0 aliphatic rings. The van der Waals surface area contributed by atoms with E-state index in [-0.39, 0.29) is 0 Å². The van der Waals surface area contributed by atoms with Crippen molar-refractivity contribution in [3.05, 3.63) is 40.6 Å². The first-order valence-corrected chi connectivity index (χ1v) is 8.97. The van der Waals surface area contributed by atoms with Gasteiger partial charge < -0.3 is 14.8 Å². The molecule has 0 amide bonds. The number of pyridine rings is 1. The second-order valence-electron chi connectivity index (χ2n) is 6.59. The molecule has 1 aromatic carbocycles. The Labute approximate surface area is 151 Å². The van der Waals surface area contributed by atoms with E-state index in [1.807, 2.05) is 32.9 Å². The van der Waals surface area contributed by atoms with Crippen LogP contribution in [0.5, 0.6) is 17.4 Å². The number of methoxy groups -OCH3 is 1. The second kappa shape index (κ2) is 8.24. The Bertz CT molecular complexity index is 714. The Morgan fingerprint density at radius 3 is 2.12 bits per heavy atom. The SMILES string of the molecule is CCC(CC)Nc1cc(C)nc(Oc2c(C)cc(OC)cc2C)c1C. The molecule has 0 saturated heterocycles. The van der Waals surface area contributed by atoms with Crippen LogP contribution >= 0.6 is 0 Å². The number of nitrogens with zero attached hydrogens (tertiary/aromatic N) is 1. The highest BCUT2D eigenvalue weighted by molar-refractivity contribution is 5.57. The predicted molar refractivity (Wildman–Crippen MR) is 104 cm³/mol. The van der Waals surface area contributed by atoms with Gasteiger partial charge in [-0.15, -0.1) is 0 Å². The molecule has 0 radical (unpaired) electrons. The van der Waals surface area contributed by atoms with Gasteiger partial charge in [0.05, 0.1) is 7.11 Å². The average Bonchev–Trinajstić information content (AvgIpc) is 2.58. The second-order valence-corrected chi connectivity index (χ2v) is 6.59. The summed E-state index contributed by atoms with van der Waals surface area (Å²) in [5.74, 6) is 2.34. The third-order valence-corrected chi connectivity index (χ3v) is 4.57. The smallest absolute Gasteiger partial charge is 0.224 e. The number of aromatic nitrogens is 1. The summed E-state index contributed by atoms with van der Waals surface area (Å²) in [6, 6.07) is 6.51. The molecule has 25 heavy (non-hydrogen) atoms. The van der Waals surface area contributed by atoms with Gasteiger partial charge in [-0.1, -0.05) is 13.8 Å². The van der Waals surface area contributed by atoms with Crippen LogP contribution in [0.4, 0.5) is 5.69 Å². The highest BCUT2D eigenvalue weighted by atomic mass is 16.5. The molecule has 0 bridgehead atoms. The van der Waals surface area contributed by atoms with Gasteiger partial charge in [-0.05, 0) is 69.9 Å². The summed E-state index contributed by atoms with van der Waals surface area (Å²) >= 11 is 0. The van der Waals surface area contributed by atoms with Crippen molar-refractivity contribution in [1.82, 2.24) is 4.98 Å². The van der Waals surface area contributed by atoms with E-state index in [4.69, 9.17) is 9.47 Å². The quantitative estimate of drug-likeness (QED) is 0.699. The number of benzene rings is 1. The summed E-state index contributed by atoms with van der Waals surface area (Å²) in [6.45, 7) is 12.5. The molecule has 4 nitrogen and oxygen atoms in total. The maximum atomic E-state index is 6.23. The van der Waals surface area contributed by atoms with Gasteiger partial charge >= 0.3 is 0 Å². The first-order chi connectivity index (χ1) is 11.9. The summed E-state index contributed by atoms with van der Waals surface area (Å²) < 4.78 is 11.6. The Morgan fingerprint density at radius 2 is 1.60 bits per heavy atom. The summed E-state index contributed by atoms with van der Waals surface area (Å²) in [5, 5.41) is 3.62. The zero-order valence-corrected chi connectivity index (χ0v) is 16.5. The van der Waals surface area contributed by atoms with Crippen LogP contribution < -0.4 is 14.8 Å². The first-order valence-electron chi connectivity index (χ1n) is 8.97. The molecular formula is C21H30N2O2. The van der Waals surface area contributed by atoms with Crippen molar-refractivity contribution < 1.29 is 9.47 Å². The molecule has 2 rings (SSSR count). The molecule has 4 heteroatoms. The molecule has 0 atom stereocenters. The van der Waals surface area contributed by atoms with Gasteiger partial charge in [-0.25, -0.2) is 4.98 Å². The Balaban J connectivity index is 2.39. The van der Waals surface area contributed by atoms with Gasteiger partial charge in [-0.2, -0.15) is 0 Å². The van der Waals surface area contributed by atoms with Crippen LogP contribution in [0.1, 0.15) is 49.1 Å². The molecule has 0 saturated carbocycles. The molecular weight excluding hydrogens is 312 g/mol. The van der Waals surface area contributed by atoms with Crippen molar-refractivity contribution >= 4 is 5.69 Å². The average molecular weight is 342 g/mol. The summed E-state index contributed by atoms with van der Waals surface area (Å²) in [5.41, 5.74) is 5.15. The predicted octanol–water partition coefficient (Wildman–Crippen LogP) is 5.72. The zero-order chi connectivity index (χ0) is 18.6. The number of hydrogen-bond acceptors (Lipinski definition) is 4. The minimum atomic E-state index is 0.456. The molecule has 0 aliphatic carbocycles. The lowest BCUT2D eigenvalue weighted by molar-refractivity contribution is 0.410. The zero-order valence-electron chi connectivity index (χ0n) is 16.5. The number of aryl methyl sites for hydroxylation is 3. The molecule has 0 aliphatic heterocycles. The first kappa shape index (κ1) is 19.1. The third-order valence-electron chi connectivity index (χ3n) is 4.57. The number of rotatable bonds is 7. The minimum absolute atomic E-state index is 0.456. The van der Waals surface area contributed by atoms with Crippen LogP contribution in [0, 0.1) is 27.7 Å². The van der Waals surface area contributed by atoms with Crippen LogP contribution in [0.25, 0.3) is 0 Å². The van der Waals surface area contributed by atoms with Gasteiger partial charge in [0.2, 0.25) is 5.88 Å². The van der Waals surface area contributed by atoms with Gasteiger partial charge in [0, 0.05) is 23.0 Å². The minimum Gasteiger partial charge on any atom is -0.497 e. The Kier molecular flexibility index (Phi) is 6.29. The maximum absolute atomic E-state index is 6.23. The van der Waals surface area contributed by atoms with Crippen LogP contribution in [0.15, 0.2) is 18.2 Å². The van der Waals surface area contributed by atoms with Crippen LogP contribution in [-0.2, 0) is 0 Å². The van der Waals surface area contributed by atoms with Crippen molar-refractivity contribution in [3.8, 4) is 17.4 Å². The largest absolute Gasteiger partial charge is 0.497 e. The van der Waals surface area contributed by atoms with Crippen molar-refractivity contribution in [2.24, 2.45) is 0 Å². The van der Waals surface area contributed by atoms with Gasteiger partial charge in [0.25, 0.3) is 0 Å². The van der Waals surface area contributed by atoms with Crippen molar-refractivity contribution in [1.29, 1.82) is 0 Å². The number of hydrogen-bond donors (Lipinski definition) is 1. The third kappa shape index (κ3) is 4.44. The highest BCUT2D eigenvalue weighted by Gasteiger charge is 2.15. The van der Waals surface area contributed by atoms with E-state index in [1.165, 1.54) is 0 Å². The monoisotopic (exact) mass is 342 g/mol. The summed E-state index contributed by atoms with van der Waals surface area (Å²) in [6.07, 6.45) is 2.17. The van der Waals surface area contributed by atoms with Crippen LogP contribution in [-0.4, -0.2) is 18.1 Å². The van der Waals surface area contributed by atoms with Gasteiger partial charge in [0.15, 0.2) is 0 Å². The van der Waals surface area contributed by atoms with Crippen LogP contribution in [0.2, 0.25) is 0 Å². The molecule has 1 N–H and O–H groups in total. The Morgan fingerprint density at radius 1 is 1.00 bits per heavy atom. The van der Waals surface area contributed by atoms with E-state index in [0.717, 1.165) is 52.4 Å². The van der Waals surface area contributed by atoms with Crippen molar-refractivity contribution in [3.63, 3.8) is 0 Å². The van der Waals surface area contributed by atoms with Crippen LogP contribution in [0.3, 0.4) is 0 Å². The fraction of sp³-hybridized carbons (Fsp3) is 0.476. The fourth-order valence-corrected chi connectivity index (χ4v) is 2.96. The van der Waals surface area contributed by atoms with Gasteiger partial charge in [-0.3, -0.25) is 0 Å². The van der Waals surface area contributed by atoms with Crippen molar-refractivity contribution in [2.75, 3.05) is 12.4 Å². The standard InChI is InChI=1S/C21H30N2O2/c1-8-17(9-2)23-19-12-15(5)22-21(16(19)6)25-20-13(3)10-18(24-7)11-14(20)4/h10-12,17H,8-9H2,1-7H3,(H,22,23). The van der Waals surface area contributed by atoms with E-state index in [1.54, 1.807) is 7.11 Å². The molecule has 0 fully saturated rings. The fourth-order valence-electron chi connectivity index (χ4n) is 2.96. The van der Waals surface area contributed by atoms with Gasteiger partial charge in [0.1, 0.15) is 11.5 Å². The lowest BCUT2D eigenvalue weighted by Gasteiger charge is -2.21.